The minimum atomic E-state index is -0.542. The first-order valence-corrected chi connectivity index (χ1v) is 6.60. The van der Waals surface area contributed by atoms with Crippen molar-refractivity contribution < 1.29 is 4.79 Å². The molecule has 20 heavy (non-hydrogen) atoms. The normalized spacial score (nSPS) is 22.4. The highest BCUT2D eigenvalue weighted by Gasteiger charge is 2.31. The molecule has 0 saturated carbocycles. The van der Waals surface area contributed by atoms with Gasteiger partial charge in [-0.2, -0.15) is 10.5 Å². The number of nitrogens with one attached hydrogen (secondary N) is 1. The molecule has 5 heteroatoms. The summed E-state index contributed by atoms with van der Waals surface area (Å²) in [6.45, 7) is 2.59. The molecule has 1 aromatic carbocycles. The number of carbonyl (C=O) groups is 1. The van der Waals surface area contributed by atoms with Gasteiger partial charge in [-0.1, -0.05) is 12.1 Å². The van der Waals surface area contributed by atoms with Gasteiger partial charge in [-0.25, -0.2) is 0 Å². The lowest BCUT2D eigenvalue weighted by Crippen LogP contribution is -2.45. The van der Waals surface area contributed by atoms with Crippen LogP contribution in [0.5, 0.6) is 0 Å². The fourth-order valence-electron chi connectivity index (χ4n) is 2.44. The van der Waals surface area contributed by atoms with Crippen molar-refractivity contribution in [2.24, 2.45) is 0 Å². The van der Waals surface area contributed by atoms with Gasteiger partial charge in [0.25, 0.3) is 0 Å². The molecule has 1 heterocycles. The Morgan fingerprint density at radius 1 is 1.40 bits per heavy atom. The summed E-state index contributed by atoms with van der Waals surface area (Å²) in [5.41, 5.74) is 1.25. The number of nitrogens with zero attached hydrogens (tertiary/aromatic N) is 3. The van der Waals surface area contributed by atoms with Crippen LogP contribution in [0.15, 0.2) is 24.3 Å². The molecule has 0 radical (unpaired) electrons. The largest absolute Gasteiger partial charge is 0.358 e. The molecule has 2 rings (SSSR count). The first-order valence-electron chi connectivity index (χ1n) is 6.60. The highest BCUT2D eigenvalue weighted by molar-refractivity contribution is 5.86. The number of carbonyl (C=O) groups excluding carboxylic acids is 1. The number of rotatable bonds is 2. The third kappa shape index (κ3) is 2.73. The predicted molar refractivity (Wildman–Crippen MR) is 74.7 cm³/mol. The number of hydrogen-bond acceptors (Lipinski definition) is 4. The molecule has 1 saturated heterocycles. The van der Waals surface area contributed by atoms with Crippen molar-refractivity contribution in [1.82, 2.24) is 5.32 Å². The van der Waals surface area contributed by atoms with Crippen molar-refractivity contribution in [3.05, 3.63) is 29.8 Å². The smallest absolute Gasteiger partial charge is 0.243 e. The summed E-state index contributed by atoms with van der Waals surface area (Å²) in [5.74, 6) is -0.149. The zero-order chi connectivity index (χ0) is 14.5. The predicted octanol–water partition coefficient (Wildman–Crippen LogP) is 1.56. The molecular weight excluding hydrogens is 252 g/mol. The number of hydrogen-bond donors (Lipinski definition) is 1. The van der Waals surface area contributed by atoms with Gasteiger partial charge in [-0.15, -0.1) is 0 Å². The van der Waals surface area contributed by atoms with Crippen molar-refractivity contribution >= 4 is 11.6 Å². The second-order valence-electron chi connectivity index (χ2n) is 4.90. The minimum Gasteiger partial charge on any atom is -0.358 e. The number of benzene rings is 1. The second-order valence-corrected chi connectivity index (χ2v) is 4.90. The molecule has 0 aromatic heterocycles. The van der Waals surface area contributed by atoms with Crippen LogP contribution in [-0.2, 0) is 4.79 Å². The SMILES string of the molecule is CC1CCN(c2ccccc2C#N)C(CC#N)C(=O)N1. The Kier molecular flexibility index (Phi) is 4.22. The molecule has 5 nitrogen and oxygen atoms in total. The molecule has 0 bridgehead atoms. The lowest BCUT2D eigenvalue weighted by atomic mass is 10.1. The van der Waals surface area contributed by atoms with Gasteiger partial charge < -0.3 is 10.2 Å². The Morgan fingerprint density at radius 2 is 2.15 bits per heavy atom. The van der Waals surface area contributed by atoms with Gasteiger partial charge in [-0.3, -0.25) is 4.79 Å². The van der Waals surface area contributed by atoms with E-state index < -0.39 is 6.04 Å². The van der Waals surface area contributed by atoms with Crippen LogP contribution in [0.3, 0.4) is 0 Å². The van der Waals surface area contributed by atoms with Crippen molar-refractivity contribution in [2.75, 3.05) is 11.4 Å². The molecule has 1 aromatic rings. The zero-order valence-corrected chi connectivity index (χ0v) is 11.3. The molecule has 1 aliphatic rings. The molecule has 2 unspecified atom stereocenters. The Labute approximate surface area is 118 Å². The van der Waals surface area contributed by atoms with Gasteiger partial charge in [-0.05, 0) is 25.5 Å². The van der Waals surface area contributed by atoms with Gasteiger partial charge in [0.2, 0.25) is 5.91 Å². The summed E-state index contributed by atoms with van der Waals surface area (Å²) in [7, 11) is 0. The first kappa shape index (κ1) is 13.9. The van der Waals surface area contributed by atoms with E-state index in [0.29, 0.717) is 12.1 Å². The maximum absolute atomic E-state index is 12.2. The lowest BCUT2D eigenvalue weighted by molar-refractivity contribution is -0.122. The molecule has 1 aliphatic heterocycles. The van der Waals surface area contributed by atoms with Crippen molar-refractivity contribution in [2.45, 2.75) is 31.8 Å². The Balaban J connectivity index is 2.42. The summed E-state index contributed by atoms with van der Waals surface area (Å²) in [6, 6.07) is 10.9. The fourth-order valence-corrected chi connectivity index (χ4v) is 2.44. The van der Waals surface area contributed by atoms with Crippen LogP contribution in [0, 0.1) is 22.7 Å². The van der Waals surface area contributed by atoms with E-state index in [1.807, 2.05) is 24.0 Å². The highest BCUT2D eigenvalue weighted by atomic mass is 16.2. The van der Waals surface area contributed by atoms with Crippen LogP contribution < -0.4 is 10.2 Å². The average Bonchev–Trinajstić information content (AvgIpc) is 2.59. The molecule has 2 atom stereocenters. The molecule has 0 spiro atoms. The lowest BCUT2D eigenvalue weighted by Gasteiger charge is -2.29. The van der Waals surface area contributed by atoms with Gasteiger partial charge in [0.1, 0.15) is 12.1 Å². The van der Waals surface area contributed by atoms with E-state index in [9.17, 15) is 10.1 Å². The van der Waals surface area contributed by atoms with E-state index in [-0.39, 0.29) is 18.4 Å². The molecule has 1 N–H and O–H groups in total. The van der Waals surface area contributed by atoms with Crippen LogP contribution >= 0.6 is 0 Å². The first-order chi connectivity index (χ1) is 9.67. The zero-order valence-electron chi connectivity index (χ0n) is 11.3. The van der Waals surface area contributed by atoms with E-state index in [1.165, 1.54) is 0 Å². The quantitative estimate of drug-likeness (QED) is 0.882. The third-order valence-electron chi connectivity index (χ3n) is 3.49. The van der Waals surface area contributed by atoms with Gasteiger partial charge in [0, 0.05) is 12.6 Å². The minimum absolute atomic E-state index is 0.0722. The number of nitriles is 2. The maximum Gasteiger partial charge on any atom is 0.243 e. The maximum atomic E-state index is 12.2. The van der Waals surface area contributed by atoms with Crippen LogP contribution in [-0.4, -0.2) is 24.5 Å². The topological polar surface area (TPSA) is 79.9 Å². The molecule has 1 amide bonds. The Bertz CT molecular complexity index is 584. The number of anilines is 1. The van der Waals surface area contributed by atoms with Gasteiger partial charge >= 0.3 is 0 Å². The van der Waals surface area contributed by atoms with E-state index in [4.69, 9.17) is 5.26 Å². The monoisotopic (exact) mass is 268 g/mol. The van der Waals surface area contributed by atoms with Crippen molar-refractivity contribution in [1.29, 1.82) is 10.5 Å². The van der Waals surface area contributed by atoms with Crippen LogP contribution in [0.1, 0.15) is 25.3 Å². The summed E-state index contributed by atoms with van der Waals surface area (Å²) in [6.07, 6.45) is 0.895. The Morgan fingerprint density at radius 3 is 2.85 bits per heavy atom. The van der Waals surface area contributed by atoms with Crippen molar-refractivity contribution in [3.8, 4) is 12.1 Å². The van der Waals surface area contributed by atoms with Crippen LogP contribution in [0.25, 0.3) is 0 Å². The van der Waals surface area contributed by atoms with Crippen LogP contribution in [0.2, 0.25) is 0 Å². The summed E-state index contributed by atoms with van der Waals surface area (Å²) in [4.78, 5) is 14.1. The third-order valence-corrected chi connectivity index (χ3v) is 3.49. The van der Waals surface area contributed by atoms with E-state index >= 15 is 0 Å². The number of para-hydroxylation sites is 1. The molecule has 1 fully saturated rings. The second kappa shape index (κ2) is 6.08. The van der Waals surface area contributed by atoms with Crippen molar-refractivity contribution in [3.63, 3.8) is 0 Å². The average molecular weight is 268 g/mol. The molecule has 0 aliphatic carbocycles. The Hall–Kier alpha value is -2.53. The fraction of sp³-hybridized carbons (Fsp3) is 0.400. The van der Waals surface area contributed by atoms with E-state index in [1.54, 1.807) is 12.1 Å². The van der Waals surface area contributed by atoms with Gasteiger partial charge in [0.05, 0.1) is 23.7 Å². The summed E-state index contributed by atoms with van der Waals surface area (Å²) < 4.78 is 0. The van der Waals surface area contributed by atoms with E-state index in [0.717, 1.165) is 12.1 Å². The van der Waals surface area contributed by atoms with Gasteiger partial charge in [0.15, 0.2) is 0 Å². The highest BCUT2D eigenvalue weighted by Crippen LogP contribution is 2.25. The van der Waals surface area contributed by atoms with Crippen LogP contribution in [0.4, 0.5) is 5.69 Å². The summed E-state index contributed by atoms with van der Waals surface area (Å²) >= 11 is 0. The van der Waals surface area contributed by atoms with E-state index in [2.05, 4.69) is 17.5 Å². The molecule has 102 valence electrons. The molecular formula is C15H16N4O. The summed E-state index contributed by atoms with van der Waals surface area (Å²) in [5, 5.41) is 21.1. The number of amides is 1. The standard InChI is InChI=1S/C15H16N4O/c1-11-7-9-19(14(6-8-16)15(20)18-11)13-5-3-2-4-12(13)10-17/h2-5,11,14H,6-7,9H2,1H3,(H,18,20).